The number of aliphatic carboxylic acids is 1. The summed E-state index contributed by atoms with van der Waals surface area (Å²) in [5, 5.41) is 12.5. The lowest BCUT2D eigenvalue weighted by atomic mass is 10.0. The number of carboxylic acid groups (broad SMARTS) is 1. The molecule has 0 aliphatic rings. The van der Waals surface area contributed by atoms with E-state index in [1.54, 1.807) is 24.3 Å². The number of hydrogen-bond acceptors (Lipinski definition) is 4. The van der Waals surface area contributed by atoms with E-state index < -0.39 is 18.1 Å². The molecule has 2 atom stereocenters. The molecule has 2 aromatic carbocycles. The SMILES string of the molecule is CO[C@@H](c1ccc(OCc2ccccc2)cc1)[C@@H](N=[N+]=[N-])C(=O)O. The van der Waals surface area contributed by atoms with E-state index in [4.69, 9.17) is 20.1 Å². The van der Waals surface area contributed by atoms with Crippen molar-refractivity contribution in [2.75, 3.05) is 7.11 Å². The highest BCUT2D eigenvalue weighted by Crippen LogP contribution is 2.26. The molecule has 0 aliphatic carbocycles. The Morgan fingerprint density at radius 2 is 1.88 bits per heavy atom. The lowest BCUT2D eigenvalue weighted by Gasteiger charge is -2.19. The Bertz CT molecular complexity index is 710. The molecule has 1 N–H and O–H groups in total. The average molecular weight is 327 g/mol. The van der Waals surface area contributed by atoms with Gasteiger partial charge in [-0.2, -0.15) is 0 Å². The lowest BCUT2D eigenvalue weighted by Crippen LogP contribution is -2.27. The number of rotatable bonds is 8. The molecule has 7 nitrogen and oxygen atoms in total. The zero-order valence-electron chi connectivity index (χ0n) is 13.1. The highest BCUT2D eigenvalue weighted by Gasteiger charge is 2.28. The maximum atomic E-state index is 11.2. The van der Waals surface area contributed by atoms with E-state index in [1.165, 1.54) is 7.11 Å². The number of carboxylic acids is 1. The first-order valence-corrected chi connectivity index (χ1v) is 7.22. The van der Waals surface area contributed by atoms with Gasteiger partial charge in [-0.25, -0.2) is 0 Å². The Labute approximate surface area is 139 Å². The van der Waals surface area contributed by atoms with Gasteiger partial charge < -0.3 is 14.6 Å². The second kappa shape index (κ2) is 8.57. The largest absolute Gasteiger partial charge is 0.489 e. The summed E-state index contributed by atoms with van der Waals surface area (Å²) in [4.78, 5) is 13.8. The van der Waals surface area contributed by atoms with Crippen molar-refractivity contribution in [2.45, 2.75) is 18.8 Å². The van der Waals surface area contributed by atoms with E-state index in [0.29, 0.717) is 17.9 Å². The van der Waals surface area contributed by atoms with Crippen LogP contribution >= 0.6 is 0 Å². The van der Waals surface area contributed by atoms with Crippen LogP contribution in [0.4, 0.5) is 0 Å². The van der Waals surface area contributed by atoms with E-state index in [0.717, 1.165) is 5.56 Å². The Morgan fingerprint density at radius 1 is 1.21 bits per heavy atom. The Morgan fingerprint density at radius 3 is 2.42 bits per heavy atom. The molecule has 0 aromatic heterocycles. The van der Waals surface area contributed by atoms with Crippen LogP contribution in [0.2, 0.25) is 0 Å². The molecular weight excluding hydrogens is 310 g/mol. The molecule has 2 aromatic rings. The first-order chi connectivity index (χ1) is 11.7. The average Bonchev–Trinajstić information content (AvgIpc) is 2.61. The third-order valence-corrected chi connectivity index (χ3v) is 3.43. The first-order valence-electron chi connectivity index (χ1n) is 7.22. The lowest BCUT2D eigenvalue weighted by molar-refractivity contribution is -0.142. The third-order valence-electron chi connectivity index (χ3n) is 3.43. The van der Waals surface area contributed by atoms with Crippen LogP contribution in [0.25, 0.3) is 10.4 Å². The summed E-state index contributed by atoms with van der Waals surface area (Å²) in [7, 11) is 1.37. The highest BCUT2D eigenvalue weighted by atomic mass is 16.5. The van der Waals surface area contributed by atoms with Crippen LogP contribution in [-0.2, 0) is 16.1 Å². The molecule has 124 valence electrons. The second-order valence-electron chi connectivity index (χ2n) is 4.99. The van der Waals surface area contributed by atoms with Crippen LogP contribution in [0.15, 0.2) is 59.7 Å². The molecule has 0 amide bonds. The van der Waals surface area contributed by atoms with Crippen LogP contribution in [0.5, 0.6) is 5.75 Å². The van der Waals surface area contributed by atoms with Gasteiger partial charge in [-0.15, -0.1) is 0 Å². The first kappa shape index (κ1) is 17.3. The highest BCUT2D eigenvalue weighted by molar-refractivity contribution is 5.74. The fraction of sp³-hybridized carbons (Fsp3) is 0.235. The Hall–Kier alpha value is -3.02. The minimum absolute atomic E-state index is 0.435. The summed E-state index contributed by atoms with van der Waals surface area (Å²) in [5.74, 6) is -0.600. The van der Waals surface area contributed by atoms with Gasteiger partial charge in [0.05, 0.1) is 0 Å². The molecular formula is C17H17N3O4. The molecule has 2 rings (SSSR count). The molecule has 0 bridgehead atoms. The molecule has 0 saturated heterocycles. The maximum Gasteiger partial charge on any atom is 0.315 e. The normalized spacial score (nSPS) is 12.7. The van der Waals surface area contributed by atoms with Gasteiger partial charge in [0.25, 0.3) is 0 Å². The zero-order chi connectivity index (χ0) is 17.4. The molecule has 0 radical (unpaired) electrons. The van der Waals surface area contributed by atoms with Gasteiger partial charge in [-0.05, 0) is 28.8 Å². The van der Waals surface area contributed by atoms with Crippen molar-refractivity contribution in [2.24, 2.45) is 5.11 Å². The van der Waals surface area contributed by atoms with Gasteiger partial charge in [0, 0.05) is 12.0 Å². The minimum Gasteiger partial charge on any atom is -0.489 e. The molecule has 24 heavy (non-hydrogen) atoms. The van der Waals surface area contributed by atoms with Crippen LogP contribution in [0.1, 0.15) is 17.2 Å². The zero-order valence-corrected chi connectivity index (χ0v) is 13.1. The van der Waals surface area contributed by atoms with Gasteiger partial charge in [-0.3, -0.25) is 4.79 Å². The Kier molecular flexibility index (Phi) is 6.19. The number of carbonyl (C=O) groups is 1. The monoisotopic (exact) mass is 327 g/mol. The predicted molar refractivity (Wildman–Crippen MR) is 87.5 cm³/mol. The second-order valence-corrected chi connectivity index (χ2v) is 4.99. The van der Waals surface area contributed by atoms with Crippen molar-refractivity contribution < 1.29 is 19.4 Å². The summed E-state index contributed by atoms with van der Waals surface area (Å²) in [6, 6.07) is 15.2. The Balaban J connectivity index is 2.09. The molecule has 0 unspecified atom stereocenters. The molecule has 7 heteroatoms. The van der Waals surface area contributed by atoms with E-state index in [2.05, 4.69) is 10.0 Å². The van der Waals surface area contributed by atoms with Crippen LogP contribution in [0.3, 0.4) is 0 Å². The fourth-order valence-corrected chi connectivity index (χ4v) is 2.24. The van der Waals surface area contributed by atoms with Gasteiger partial charge in [0.2, 0.25) is 0 Å². The van der Waals surface area contributed by atoms with Crippen LogP contribution in [-0.4, -0.2) is 24.2 Å². The fourth-order valence-electron chi connectivity index (χ4n) is 2.24. The minimum atomic E-state index is -1.34. The van der Waals surface area contributed by atoms with E-state index in [1.807, 2.05) is 30.3 Å². The number of benzene rings is 2. The van der Waals surface area contributed by atoms with Crippen molar-refractivity contribution in [3.8, 4) is 5.75 Å². The molecule has 0 heterocycles. The smallest absolute Gasteiger partial charge is 0.315 e. The van der Waals surface area contributed by atoms with Gasteiger partial charge in [0.1, 0.15) is 18.5 Å². The standard InChI is InChI=1S/C17H17N3O4/c1-23-16(15(17(21)22)19-20-18)13-7-9-14(10-8-13)24-11-12-5-3-2-4-6-12/h2-10,15-16H,11H2,1H3,(H,21,22)/t15-,16+/m1/s1. The van der Waals surface area contributed by atoms with E-state index in [9.17, 15) is 4.79 Å². The van der Waals surface area contributed by atoms with Crippen LogP contribution < -0.4 is 4.74 Å². The van der Waals surface area contributed by atoms with Crippen molar-refractivity contribution in [1.29, 1.82) is 0 Å². The van der Waals surface area contributed by atoms with E-state index >= 15 is 0 Å². The number of nitrogens with zero attached hydrogens (tertiary/aromatic N) is 3. The topological polar surface area (TPSA) is 105 Å². The van der Waals surface area contributed by atoms with Crippen molar-refractivity contribution in [3.63, 3.8) is 0 Å². The summed E-state index contributed by atoms with van der Waals surface area (Å²) in [6.45, 7) is 0.435. The van der Waals surface area contributed by atoms with Crippen molar-refractivity contribution in [3.05, 3.63) is 76.2 Å². The summed E-state index contributed by atoms with van der Waals surface area (Å²) in [5.41, 5.74) is 10.2. The summed E-state index contributed by atoms with van der Waals surface area (Å²) in [6.07, 6.45) is -0.874. The maximum absolute atomic E-state index is 11.2. The number of methoxy groups -OCH3 is 1. The molecule has 0 aliphatic heterocycles. The molecule has 0 saturated carbocycles. The van der Waals surface area contributed by atoms with Gasteiger partial charge >= 0.3 is 5.97 Å². The molecule has 0 spiro atoms. The summed E-state index contributed by atoms with van der Waals surface area (Å²) >= 11 is 0. The van der Waals surface area contributed by atoms with Gasteiger partial charge in [-0.1, -0.05) is 47.6 Å². The van der Waals surface area contributed by atoms with Crippen molar-refractivity contribution in [1.82, 2.24) is 0 Å². The van der Waals surface area contributed by atoms with E-state index in [-0.39, 0.29) is 0 Å². The number of ether oxygens (including phenoxy) is 2. The number of hydrogen-bond donors (Lipinski definition) is 1. The third kappa shape index (κ3) is 4.49. The van der Waals surface area contributed by atoms with Crippen LogP contribution in [0, 0.1) is 0 Å². The molecule has 0 fully saturated rings. The summed E-state index contributed by atoms with van der Waals surface area (Å²) < 4.78 is 10.9. The predicted octanol–water partition coefficient (Wildman–Crippen LogP) is 3.72. The number of azide groups is 1. The quantitative estimate of drug-likeness (QED) is 0.453. The van der Waals surface area contributed by atoms with Gasteiger partial charge in [0.15, 0.2) is 6.04 Å². The van der Waals surface area contributed by atoms with Crippen molar-refractivity contribution >= 4 is 5.97 Å².